The van der Waals surface area contributed by atoms with Gasteiger partial charge in [-0.3, -0.25) is 0 Å². The maximum atomic E-state index is 13.1. The Bertz CT molecular complexity index is 591. The number of nitrogen functional groups attached to an aromatic ring is 1. The molecule has 2 heterocycles. The molecule has 0 saturated carbocycles. The number of alkyl halides is 2. The minimum absolute atomic E-state index is 0.225. The van der Waals surface area contributed by atoms with Gasteiger partial charge >= 0.3 is 0 Å². The predicted octanol–water partition coefficient (Wildman–Crippen LogP) is 3.26. The summed E-state index contributed by atoms with van der Waals surface area (Å²) >= 11 is 0. The molecule has 6 heteroatoms. The van der Waals surface area contributed by atoms with Crippen molar-refractivity contribution in [3.63, 3.8) is 0 Å². The van der Waals surface area contributed by atoms with Crippen molar-refractivity contribution in [2.45, 2.75) is 31.9 Å². The minimum atomic E-state index is -2.62. The van der Waals surface area contributed by atoms with E-state index in [0.29, 0.717) is 23.2 Å². The third-order valence-corrected chi connectivity index (χ3v) is 3.39. The first-order valence-electron chi connectivity index (χ1n) is 6.34. The van der Waals surface area contributed by atoms with Gasteiger partial charge in [0, 0.05) is 17.7 Å². The van der Waals surface area contributed by atoms with Crippen LogP contribution in [0.1, 0.15) is 37.6 Å². The fourth-order valence-electron chi connectivity index (χ4n) is 2.48. The number of anilines is 1. The number of fused-ring (bicyclic) bond motifs is 1. The number of benzene rings is 1. The van der Waals surface area contributed by atoms with Gasteiger partial charge in [0.05, 0.1) is 5.52 Å². The number of nitrogens with two attached hydrogens (primary N) is 1. The van der Waals surface area contributed by atoms with Crippen molar-refractivity contribution < 1.29 is 13.5 Å². The first-order chi connectivity index (χ1) is 9.16. The third-order valence-electron chi connectivity index (χ3n) is 3.39. The zero-order valence-corrected chi connectivity index (χ0v) is 10.4. The molecule has 0 aliphatic carbocycles. The molecule has 1 unspecified atom stereocenters. The molecule has 102 valence electrons. The first kappa shape index (κ1) is 12.3. The van der Waals surface area contributed by atoms with E-state index in [1.54, 1.807) is 22.9 Å². The molecular weight excluding hydrogens is 252 g/mol. The van der Waals surface area contributed by atoms with Crippen LogP contribution < -0.4 is 5.73 Å². The van der Waals surface area contributed by atoms with E-state index in [9.17, 15) is 8.78 Å². The summed E-state index contributed by atoms with van der Waals surface area (Å²) in [6.45, 7) is 0.644. The van der Waals surface area contributed by atoms with Crippen LogP contribution in [0.4, 0.5) is 14.5 Å². The lowest BCUT2D eigenvalue weighted by molar-refractivity contribution is -0.0374. The monoisotopic (exact) mass is 267 g/mol. The van der Waals surface area contributed by atoms with E-state index in [4.69, 9.17) is 10.5 Å². The number of halogens is 2. The van der Waals surface area contributed by atoms with Crippen LogP contribution in [0, 0.1) is 0 Å². The van der Waals surface area contributed by atoms with Crippen molar-refractivity contribution in [1.29, 1.82) is 0 Å². The highest BCUT2D eigenvalue weighted by atomic mass is 19.3. The van der Waals surface area contributed by atoms with E-state index in [0.717, 1.165) is 19.3 Å². The van der Waals surface area contributed by atoms with Crippen LogP contribution in [0.5, 0.6) is 0 Å². The van der Waals surface area contributed by atoms with Crippen LogP contribution in [0.3, 0.4) is 0 Å². The lowest BCUT2D eigenvalue weighted by atomic mass is 10.1. The van der Waals surface area contributed by atoms with E-state index in [1.807, 2.05) is 0 Å². The quantitative estimate of drug-likeness (QED) is 0.850. The average molecular weight is 267 g/mol. The summed E-state index contributed by atoms with van der Waals surface area (Å²) in [4.78, 5) is 0. The van der Waals surface area contributed by atoms with Crippen LogP contribution in [-0.2, 0) is 4.74 Å². The number of hydrogen-bond donors (Lipinski definition) is 1. The van der Waals surface area contributed by atoms with Crippen LogP contribution >= 0.6 is 0 Å². The van der Waals surface area contributed by atoms with Crippen molar-refractivity contribution in [1.82, 2.24) is 9.78 Å². The number of rotatable bonds is 2. The largest absolute Gasteiger partial charge is 0.399 e. The molecule has 4 nitrogen and oxygen atoms in total. The summed E-state index contributed by atoms with van der Waals surface area (Å²) in [5.41, 5.74) is 6.55. The molecule has 0 bridgehead atoms. The molecule has 1 aromatic heterocycles. The van der Waals surface area contributed by atoms with Gasteiger partial charge in [-0.2, -0.15) is 5.10 Å². The molecule has 1 aliphatic heterocycles. The van der Waals surface area contributed by atoms with Crippen LogP contribution in [-0.4, -0.2) is 16.4 Å². The summed E-state index contributed by atoms with van der Waals surface area (Å²) in [5, 5.41) is 4.45. The van der Waals surface area contributed by atoms with Gasteiger partial charge < -0.3 is 10.5 Å². The van der Waals surface area contributed by atoms with Gasteiger partial charge in [0.2, 0.25) is 0 Å². The highest BCUT2D eigenvalue weighted by Crippen LogP contribution is 2.32. The fourth-order valence-corrected chi connectivity index (χ4v) is 2.48. The Morgan fingerprint density at radius 3 is 2.89 bits per heavy atom. The minimum Gasteiger partial charge on any atom is -0.399 e. The van der Waals surface area contributed by atoms with Crippen molar-refractivity contribution in [2.75, 3.05) is 12.3 Å². The Morgan fingerprint density at radius 2 is 2.21 bits per heavy atom. The molecule has 0 radical (unpaired) electrons. The third kappa shape index (κ3) is 2.16. The van der Waals surface area contributed by atoms with Gasteiger partial charge in [-0.25, -0.2) is 13.5 Å². The molecule has 0 amide bonds. The van der Waals surface area contributed by atoms with E-state index < -0.39 is 6.43 Å². The number of ether oxygens (including phenoxy) is 1. The summed E-state index contributed by atoms with van der Waals surface area (Å²) < 4.78 is 33.3. The van der Waals surface area contributed by atoms with Crippen molar-refractivity contribution in [3.8, 4) is 0 Å². The predicted molar refractivity (Wildman–Crippen MR) is 67.9 cm³/mol. The van der Waals surface area contributed by atoms with E-state index in [2.05, 4.69) is 5.10 Å². The van der Waals surface area contributed by atoms with E-state index >= 15 is 0 Å². The lowest BCUT2D eigenvalue weighted by Crippen LogP contribution is -2.19. The Kier molecular flexibility index (Phi) is 3.10. The SMILES string of the molecule is Nc1ccc2c(c1)c(C(F)F)nn2C1CCCCO1. The molecule has 2 N–H and O–H groups in total. The van der Waals surface area contributed by atoms with Crippen molar-refractivity contribution in [2.24, 2.45) is 0 Å². The summed E-state index contributed by atoms with van der Waals surface area (Å²) in [7, 11) is 0. The number of nitrogens with zero attached hydrogens (tertiary/aromatic N) is 2. The van der Waals surface area contributed by atoms with Gasteiger partial charge in [-0.1, -0.05) is 0 Å². The lowest BCUT2D eigenvalue weighted by Gasteiger charge is -2.23. The second kappa shape index (κ2) is 4.77. The molecule has 0 spiro atoms. The average Bonchev–Trinajstić information content (AvgIpc) is 2.78. The van der Waals surface area contributed by atoms with Gasteiger partial charge in [0.1, 0.15) is 5.69 Å². The van der Waals surface area contributed by atoms with Crippen molar-refractivity contribution >= 4 is 16.6 Å². The first-order valence-corrected chi connectivity index (χ1v) is 6.34. The molecule has 2 aromatic rings. The van der Waals surface area contributed by atoms with Crippen molar-refractivity contribution in [3.05, 3.63) is 23.9 Å². The highest BCUT2D eigenvalue weighted by molar-refractivity contribution is 5.85. The maximum absolute atomic E-state index is 13.1. The standard InChI is InChI=1S/C13H15F2N3O/c14-13(15)12-9-7-8(16)4-5-10(9)18(17-12)11-3-1-2-6-19-11/h4-5,7,11,13H,1-3,6,16H2. The van der Waals surface area contributed by atoms with Crippen LogP contribution in [0.2, 0.25) is 0 Å². The summed E-state index contributed by atoms with van der Waals surface area (Å²) in [6, 6.07) is 4.96. The fraction of sp³-hybridized carbons (Fsp3) is 0.462. The molecule has 1 atom stereocenters. The smallest absolute Gasteiger partial charge is 0.282 e. The number of hydrogen-bond acceptors (Lipinski definition) is 3. The van der Waals surface area contributed by atoms with E-state index in [1.165, 1.54) is 0 Å². The second-order valence-corrected chi connectivity index (χ2v) is 4.73. The van der Waals surface area contributed by atoms with Gasteiger partial charge in [0.25, 0.3) is 6.43 Å². The molecule has 3 rings (SSSR count). The number of aromatic nitrogens is 2. The Morgan fingerprint density at radius 1 is 1.37 bits per heavy atom. The zero-order valence-electron chi connectivity index (χ0n) is 10.4. The van der Waals surface area contributed by atoms with Crippen LogP contribution in [0.15, 0.2) is 18.2 Å². The molecule has 1 fully saturated rings. The Balaban J connectivity index is 2.13. The highest BCUT2D eigenvalue weighted by Gasteiger charge is 2.24. The topological polar surface area (TPSA) is 53.1 Å². The van der Waals surface area contributed by atoms with Gasteiger partial charge in [-0.15, -0.1) is 0 Å². The normalized spacial score (nSPS) is 20.3. The van der Waals surface area contributed by atoms with Gasteiger partial charge in [0.15, 0.2) is 6.23 Å². The molecule has 1 aromatic carbocycles. The summed E-state index contributed by atoms with van der Waals surface area (Å²) in [5.74, 6) is 0. The molecule has 1 aliphatic rings. The second-order valence-electron chi connectivity index (χ2n) is 4.73. The Hall–Kier alpha value is -1.69. The molecular formula is C13H15F2N3O. The van der Waals surface area contributed by atoms with E-state index in [-0.39, 0.29) is 11.9 Å². The molecule has 19 heavy (non-hydrogen) atoms. The van der Waals surface area contributed by atoms with Crippen LogP contribution in [0.25, 0.3) is 10.9 Å². The van der Waals surface area contributed by atoms with Gasteiger partial charge in [-0.05, 0) is 37.5 Å². The Labute approximate surface area is 109 Å². The summed E-state index contributed by atoms with van der Waals surface area (Å²) in [6.07, 6.45) is -0.0550. The zero-order chi connectivity index (χ0) is 13.4. The molecule has 1 saturated heterocycles. The maximum Gasteiger partial charge on any atom is 0.282 e.